The van der Waals surface area contributed by atoms with Gasteiger partial charge >= 0.3 is 6.03 Å². The maximum absolute atomic E-state index is 12.6. The van der Waals surface area contributed by atoms with Crippen LogP contribution in [0.25, 0.3) is 0 Å². The Labute approximate surface area is 143 Å². The number of nitrogens with one attached hydrogen (secondary N) is 1. The van der Waals surface area contributed by atoms with Crippen molar-refractivity contribution in [3.05, 3.63) is 52.9 Å². The molecule has 1 atom stereocenters. The maximum atomic E-state index is 12.6. The summed E-state index contributed by atoms with van der Waals surface area (Å²) in [6.45, 7) is 5.45. The second kappa shape index (κ2) is 7.51. The van der Waals surface area contributed by atoms with Gasteiger partial charge in [0.15, 0.2) is 0 Å². The number of rotatable bonds is 5. The van der Waals surface area contributed by atoms with Crippen LogP contribution in [0.1, 0.15) is 48.4 Å². The first-order valence-electron chi connectivity index (χ1n) is 8.74. The van der Waals surface area contributed by atoms with Crippen LogP contribution in [0, 0.1) is 6.92 Å². The van der Waals surface area contributed by atoms with Gasteiger partial charge in [-0.15, -0.1) is 0 Å². The number of likely N-dealkylation sites (tertiary alicyclic amines) is 1. The van der Waals surface area contributed by atoms with E-state index < -0.39 is 0 Å². The van der Waals surface area contributed by atoms with Gasteiger partial charge in [-0.1, -0.05) is 42.4 Å². The lowest BCUT2D eigenvalue weighted by Crippen LogP contribution is -2.40. The minimum Gasteiger partial charge on any atom is -0.361 e. The average Bonchev–Trinajstić information content (AvgIpc) is 3.21. The summed E-state index contributed by atoms with van der Waals surface area (Å²) in [5.41, 5.74) is 3.24. The molecule has 128 valence electrons. The number of aryl methyl sites for hydroxylation is 2. The Morgan fingerprint density at radius 2 is 2.17 bits per heavy atom. The highest BCUT2D eigenvalue weighted by atomic mass is 16.5. The van der Waals surface area contributed by atoms with Crippen molar-refractivity contribution < 1.29 is 9.32 Å². The number of aromatic nitrogens is 1. The fourth-order valence-electron chi connectivity index (χ4n) is 3.48. The van der Waals surface area contributed by atoms with Gasteiger partial charge in [0.25, 0.3) is 0 Å². The molecule has 1 N–H and O–H groups in total. The zero-order valence-electron chi connectivity index (χ0n) is 14.4. The molecule has 0 saturated carbocycles. The zero-order valence-corrected chi connectivity index (χ0v) is 14.4. The summed E-state index contributed by atoms with van der Waals surface area (Å²) >= 11 is 0. The van der Waals surface area contributed by atoms with Crippen molar-refractivity contribution in [2.24, 2.45) is 0 Å². The van der Waals surface area contributed by atoms with Gasteiger partial charge in [-0.05, 0) is 31.7 Å². The Kier molecular flexibility index (Phi) is 5.18. The molecular weight excluding hydrogens is 302 g/mol. The molecule has 1 unspecified atom stereocenters. The number of nitrogens with zero attached hydrogens (tertiary/aromatic N) is 2. The van der Waals surface area contributed by atoms with E-state index in [-0.39, 0.29) is 12.1 Å². The van der Waals surface area contributed by atoms with Crippen molar-refractivity contribution in [2.45, 2.75) is 45.6 Å². The third-order valence-electron chi connectivity index (χ3n) is 4.68. The number of carbonyl (C=O) groups is 1. The summed E-state index contributed by atoms with van der Waals surface area (Å²) in [4.78, 5) is 14.6. The molecule has 2 heterocycles. The van der Waals surface area contributed by atoms with E-state index in [4.69, 9.17) is 4.52 Å². The smallest absolute Gasteiger partial charge is 0.317 e. The van der Waals surface area contributed by atoms with E-state index in [1.54, 1.807) is 0 Å². The summed E-state index contributed by atoms with van der Waals surface area (Å²) in [6, 6.07) is 10.3. The lowest BCUT2D eigenvalue weighted by atomic mass is 10.0. The number of urea groups is 1. The molecule has 5 heteroatoms. The lowest BCUT2D eigenvalue weighted by molar-refractivity contribution is 0.192. The molecule has 0 aliphatic carbocycles. The highest BCUT2D eigenvalue weighted by molar-refractivity contribution is 5.75. The SMILES string of the molecule is CCc1onc(C)c1C1CCCN1C(=O)NCCc1ccccc1. The van der Waals surface area contributed by atoms with Gasteiger partial charge in [-0.2, -0.15) is 0 Å². The molecule has 1 aromatic heterocycles. The van der Waals surface area contributed by atoms with Crippen LogP contribution in [0.3, 0.4) is 0 Å². The van der Waals surface area contributed by atoms with Crippen LogP contribution < -0.4 is 5.32 Å². The van der Waals surface area contributed by atoms with Crippen molar-refractivity contribution in [1.29, 1.82) is 0 Å². The van der Waals surface area contributed by atoms with E-state index in [1.807, 2.05) is 30.0 Å². The highest BCUT2D eigenvalue weighted by Gasteiger charge is 2.34. The van der Waals surface area contributed by atoms with Gasteiger partial charge in [-0.25, -0.2) is 4.79 Å². The molecule has 1 aliphatic heterocycles. The van der Waals surface area contributed by atoms with Crippen LogP contribution >= 0.6 is 0 Å². The summed E-state index contributed by atoms with van der Waals surface area (Å²) in [5, 5.41) is 7.15. The first-order chi connectivity index (χ1) is 11.7. The van der Waals surface area contributed by atoms with Crippen molar-refractivity contribution in [3.63, 3.8) is 0 Å². The molecule has 3 rings (SSSR count). The van der Waals surface area contributed by atoms with E-state index >= 15 is 0 Å². The monoisotopic (exact) mass is 327 g/mol. The van der Waals surface area contributed by atoms with E-state index in [0.29, 0.717) is 6.54 Å². The van der Waals surface area contributed by atoms with E-state index in [2.05, 4.69) is 29.5 Å². The quantitative estimate of drug-likeness (QED) is 0.912. The third kappa shape index (κ3) is 3.45. The molecule has 24 heavy (non-hydrogen) atoms. The molecule has 1 aliphatic rings. The number of hydrogen-bond donors (Lipinski definition) is 1. The third-order valence-corrected chi connectivity index (χ3v) is 4.68. The van der Waals surface area contributed by atoms with E-state index in [0.717, 1.165) is 49.2 Å². The standard InChI is InChI=1S/C19H25N3O2/c1-3-17-18(14(2)21-24-17)16-10-7-13-22(16)19(23)20-12-11-15-8-5-4-6-9-15/h4-6,8-9,16H,3,7,10-13H2,1-2H3,(H,20,23). The van der Waals surface area contributed by atoms with Gasteiger partial charge in [0.05, 0.1) is 11.7 Å². The van der Waals surface area contributed by atoms with Crippen molar-refractivity contribution in [2.75, 3.05) is 13.1 Å². The van der Waals surface area contributed by atoms with Crippen LogP contribution in [0.4, 0.5) is 4.79 Å². The first kappa shape index (κ1) is 16.6. The predicted molar refractivity (Wildman–Crippen MR) is 92.8 cm³/mol. The summed E-state index contributed by atoms with van der Waals surface area (Å²) in [5.74, 6) is 0.904. The maximum Gasteiger partial charge on any atom is 0.317 e. The van der Waals surface area contributed by atoms with Crippen molar-refractivity contribution >= 4 is 6.03 Å². The summed E-state index contributed by atoms with van der Waals surface area (Å²) in [6.07, 6.45) is 3.64. The molecular formula is C19H25N3O2. The minimum absolute atomic E-state index is 0.0103. The van der Waals surface area contributed by atoms with E-state index in [9.17, 15) is 4.79 Å². The van der Waals surface area contributed by atoms with Crippen molar-refractivity contribution in [3.8, 4) is 0 Å². The van der Waals surface area contributed by atoms with Gasteiger partial charge in [-0.3, -0.25) is 0 Å². The molecule has 1 saturated heterocycles. The molecule has 0 spiro atoms. The molecule has 1 fully saturated rings. The van der Waals surface area contributed by atoms with Gasteiger partial charge in [0, 0.05) is 25.1 Å². The largest absolute Gasteiger partial charge is 0.361 e. The lowest BCUT2D eigenvalue weighted by Gasteiger charge is -2.25. The number of amides is 2. The highest BCUT2D eigenvalue weighted by Crippen LogP contribution is 2.35. The first-order valence-corrected chi connectivity index (χ1v) is 8.74. The Morgan fingerprint density at radius 1 is 1.38 bits per heavy atom. The molecule has 0 bridgehead atoms. The average molecular weight is 327 g/mol. The number of carbonyl (C=O) groups excluding carboxylic acids is 1. The minimum atomic E-state index is 0.0103. The molecule has 2 aromatic rings. The fraction of sp³-hybridized carbons (Fsp3) is 0.474. The summed E-state index contributed by atoms with van der Waals surface area (Å²) < 4.78 is 5.42. The topological polar surface area (TPSA) is 58.4 Å². The Morgan fingerprint density at radius 3 is 2.92 bits per heavy atom. The van der Waals surface area contributed by atoms with Crippen LogP contribution in [0.5, 0.6) is 0 Å². The van der Waals surface area contributed by atoms with Crippen LogP contribution in [0.2, 0.25) is 0 Å². The molecule has 5 nitrogen and oxygen atoms in total. The number of hydrogen-bond acceptors (Lipinski definition) is 3. The van der Waals surface area contributed by atoms with Gasteiger partial charge < -0.3 is 14.7 Å². The molecule has 2 amide bonds. The van der Waals surface area contributed by atoms with Gasteiger partial charge in [0.2, 0.25) is 0 Å². The normalized spacial score (nSPS) is 17.2. The predicted octanol–water partition coefficient (Wildman–Crippen LogP) is 3.63. The molecule has 1 aromatic carbocycles. The van der Waals surface area contributed by atoms with Gasteiger partial charge in [0.1, 0.15) is 5.76 Å². The Balaban J connectivity index is 1.62. The van der Waals surface area contributed by atoms with Crippen LogP contribution in [-0.2, 0) is 12.8 Å². The fourth-order valence-corrected chi connectivity index (χ4v) is 3.48. The van der Waals surface area contributed by atoms with E-state index in [1.165, 1.54) is 5.56 Å². The molecule has 0 radical (unpaired) electrons. The number of benzene rings is 1. The van der Waals surface area contributed by atoms with Crippen LogP contribution in [-0.4, -0.2) is 29.2 Å². The van der Waals surface area contributed by atoms with Crippen molar-refractivity contribution in [1.82, 2.24) is 15.4 Å². The second-order valence-electron chi connectivity index (χ2n) is 6.28. The Hall–Kier alpha value is -2.30. The second-order valence-corrected chi connectivity index (χ2v) is 6.28. The zero-order chi connectivity index (χ0) is 16.9. The van der Waals surface area contributed by atoms with Crippen LogP contribution in [0.15, 0.2) is 34.9 Å². The summed E-state index contributed by atoms with van der Waals surface area (Å²) in [7, 11) is 0. The Bertz CT molecular complexity index is 681.